The topological polar surface area (TPSA) is 36.4 Å². The maximum absolute atomic E-state index is 9.56. The molecule has 1 saturated heterocycles. The molecule has 1 aromatic heterocycles. The Labute approximate surface area is 91.9 Å². The van der Waals surface area contributed by atoms with Crippen molar-refractivity contribution in [1.29, 1.82) is 0 Å². The van der Waals surface area contributed by atoms with Crippen LogP contribution in [-0.2, 0) is 6.54 Å². The minimum absolute atomic E-state index is 0.499. The van der Waals surface area contributed by atoms with E-state index in [0.717, 1.165) is 29.8 Å². The number of pyridine rings is 1. The lowest BCUT2D eigenvalue weighted by Crippen LogP contribution is -2.59. The molecule has 1 aliphatic heterocycles. The lowest BCUT2D eigenvalue weighted by Gasteiger charge is -2.44. The van der Waals surface area contributed by atoms with E-state index in [-0.39, 0.29) is 0 Å². The van der Waals surface area contributed by atoms with Crippen molar-refractivity contribution in [3.8, 4) is 0 Å². The summed E-state index contributed by atoms with van der Waals surface area (Å²) in [5.74, 6) is 0. The molecule has 0 atom stereocenters. The second-order valence-corrected chi connectivity index (χ2v) is 4.93. The van der Waals surface area contributed by atoms with Crippen molar-refractivity contribution in [1.82, 2.24) is 9.88 Å². The van der Waals surface area contributed by atoms with Crippen LogP contribution in [0.25, 0.3) is 0 Å². The van der Waals surface area contributed by atoms with Gasteiger partial charge in [0.15, 0.2) is 0 Å². The molecule has 2 rings (SSSR count). The van der Waals surface area contributed by atoms with Crippen molar-refractivity contribution in [3.63, 3.8) is 0 Å². The van der Waals surface area contributed by atoms with E-state index in [1.54, 1.807) is 6.20 Å². The lowest BCUT2D eigenvalue weighted by atomic mass is 9.97. The molecule has 0 saturated carbocycles. The Morgan fingerprint density at radius 2 is 2.36 bits per heavy atom. The summed E-state index contributed by atoms with van der Waals surface area (Å²) in [7, 11) is 0. The number of aromatic nitrogens is 1. The predicted octanol–water partition coefficient (Wildman–Crippen LogP) is 1.41. The van der Waals surface area contributed by atoms with Gasteiger partial charge in [-0.05, 0) is 35.0 Å². The Kier molecular flexibility index (Phi) is 2.60. The largest absolute Gasteiger partial charge is 0.388 e. The third-order valence-electron chi connectivity index (χ3n) is 2.34. The average molecular weight is 257 g/mol. The smallest absolute Gasteiger partial charge is 0.0872 e. The number of halogens is 1. The second kappa shape index (κ2) is 3.61. The number of rotatable bonds is 2. The molecule has 1 aliphatic rings. The molecule has 2 heterocycles. The van der Waals surface area contributed by atoms with Crippen LogP contribution in [0.2, 0.25) is 0 Å². The Morgan fingerprint density at radius 1 is 1.64 bits per heavy atom. The first kappa shape index (κ1) is 10.1. The van der Waals surface area contributed by atoms with Gasteiger partial charge >= 0.3 is 0 Å². The van der Waals surface area contributed by atoms with E-state index in [9.17, 15) is 5.11 Å². The predicted molar refractivity (Wildman–Crippen MR) is 57.8 cm³/mol. The van der Waals surface area contributed by atoms with E-state index >= 15 is 0 Å². The first-order chi connectivity index (χ1) is 6.57. The zero-order valence-electron chi connectivity index (χ0n) is 8.07. The summed E-state index contributed by atoms with van der Waals surface area (Å²) in [6.45, 7) is 4.13. The number of hydrogen-bond acceptors (Lipinski definition) is 3. The van der Waals surface area contributed by atoms with Crippen LogP contribution in [0.1, 0.15) is 12.6 Å². The van der Waals surface area contributed by atoms with E-state index in [4.69, 9.17) is 0 Å². The molecular weight excluding hydrogens is 244 g/mol. The first-order valence-corrected chi connectivity index (χ1v) is 5.40. The van der Waals surface area contributed by atoms with Gasteiger partial charge < -0.3 is 5.11 Å². The molecule has 1 aromatic rings. The summed E-state index contributed by atoms with van der Waals surface area (Å²) in [5, 5.41) is 9.56. The van der Waals surface area contributed by atoms with Crippen LogP contribution in [0, 0.1) is 0 Å². The highest BCUT2D eigenvalue weighted by molar-refractivity contribution is 9.10. The van der Waals surface area contributed by atoms with E-state index in [0.29, 0.717) is 0 Å². The molecule has 1 fully saturated rings. The van der Waals surface area contributed by atoms with Crippen LogP contribution < -0.4 is 0 Å². The Hall–Kier alpha value is -0.450. The highest BCUT2D eigenvalue weighted by Gasteiger charge is 2.36. The van der Waals surface area contributed by atoms with Crippen LogP contribution in [0.5, 0.6) is 0 Å². The van der Waals surface area contributed by atoms with Gasteiger partial charge in [0.05, 0.1) is 11.3 Å². The van der Waals surface area contributed by atoms with Crippen LogP contribution in [0.4, 0.5) is 0 Å². The highest BCUT2D eigenvalue weighted by atomic mass is 79.9. The van der Waals surface area contributed by atoms with Crippen LogP contribution in [0.15, 0.2) is 22.8 Å². The van der Waals surface area contributed by atoms with Crippen molar-refractivity contribution in [2.24, 2.45) is 0 Å². The summed E-state index contributed by atoms with van der Waals surface area (Å²) < 4.78 is 1.03. The van der Waals surface area contributed by atoms with Crippen molar-refractivity contribution in [2.45, 2.75) is 19.1 Å². The third kappa shape index (κ3) is 2.13. The summed E-state index contributed by atoms with van der Waals surface area (Å²) in [6, 6.07) is 3.89. The summed E-state index contributed by atoms with van der Waals surface area (Å²) in [4.78, 5) is 6.45. The fraction of sp³-hybridized carbons (Fsp3) is 0.500. The van der Waals surface area contributed by atoms with Crippen LogP contribution >= 0.6 is 15.9 Å². The zero-order valence-corrected chi connectivity index (χ0v) is 9.66. The van der Waals surface area contributed by atoms with E-state index < -0.39 is 5.60 Å². The summed E-state index contributed by atoms with van der Waals surface area (Å²) in [6.07, 6.45) is 1.79. The van der Waals surface area contributed by atoms with E-state index in [1.807, 2.05) is 19.1 Å². The molecule has 4 heteroatoms. The second-order valence-electron chi connectivity index (χ2n) is 4.07. The van der Waals surface area contributed by atoms with Gasteiger partial charge in [-0.3, -0.25) is 9.88 Å². The molecule has 3 nitrogen and oxygen atoms in total. The molecule has 76 valence electrons. The zero-order chi connectivity index (χ0) is 10.2. The fourth-order valence-electron chi connectivity index (χ4n) is 1.78. The monoisotopic (exact) mass is 256 g/mol. The van der Waals surface area contributed by atoms with E-state index in [2.05, 4.69) is 25.8 Å². The molecule has 1 N–H and O–H groups in total. The molecule has 0 aromatic carbocycles. The average Bonchev–Trinajstić information content (AvgIpc) is 2.05. The summed E-state index contributed by atoms with van der Waals surface area (Å²) >= 11 is 3.45. The quantitative estimate of drug-likeness (QED) is 0.870. The van der Waals surface area contributed by atoms with Crippen LogP contribution in [-0.4, -0.2) is 33.7 Å². The maximum Gasteiger partial charge on any atom is 0.0872 e. The SMILES string of the molecule is CC1(O)CN(Cc2ncccc2Br)C1. The minimum atomic E-state index is -0.499. The first-order valence-electron chi connectivity index (χ1n) is 4.61. The maximum atomic E-state index is 9.56. The molecule has 0 amide bonds. The third-order valence-corrected chi connectivity index (χ3v) is 3.06. The normalized spacial score (nSPS) is 20.5. The van der Waals surface area contributed by atoms with E-state index in [1.165, 1.54) is 0 Å². The van der Waals surface area contributed by atoms with Gasteiger partial charge in [-0.2, -0.15) is 0 Å². The molecule has 0 aliphatic carbocycles. The van der Waals surface area contributed by atoms with Gasteiger partial charge in [0, 0.05) is 30.3 Å². The van der Waals surface area contributed by atoms with Gasteiger partial charge in [-0.15, -0.1) is 0 Å². The van der Waals surface area contributed by atoms with Crippen LogP contribution in [0.3, 0.4) is 0 Å². The molecule has 0 bridgehead atoms. The van der Waals surface area contributed by atoms with Crippen molar-refractivity contribution in [3.05, 3.63) is 28.5 Å². The highest BCUT2D eigenvalue weighted by Crippen LogP contribution is 2.23. The Morgan fingerprint density at radius 3 is 2.93 bits per heavy atom. The molecular formula is C10H13BrN2O. The summed E-state index contributed by atoms with van der Waals surface area (Å²) in [5.41, 5.74) is 0.532. The molecule has 14 heavy (non-hydrogen) atoms. The Balaban J connectivity index is 1.97. The van der Waals surface area contributed by atoms with Crippen molar-refractivity contribution < 1.29 is 5.11 Å². The number of hydrogen-bond donors (Lipinski definition) is 1. The number of aliphatic hydroxyl groups is 1. The number of likely N-dealkylation sites (tertiary alicyclic amines) is 1. The number of nitrogens with zero attached hydrogens (tertiary/aromatic N) is 2. The van der Waals surface area contributed by atoms with Gasteiger partial charge in [0.1, 0.15) is 0 Å². The lowest BCUT2D eigenvalue weighted by molar-refractivity contribution is -0.0876. The van der Waals surface area contributed by atoms with Gasteiger partial charge in [-0.25, -0.2) is 0 Å². The fourth-order valence-corrected chi connectivity index (χ4v) is 2.16. The van der Waals surface area contributed by atoms with Crippen molar-refractivity contribution >= 4 is 15.9 Å². The van der Waals surface area contributed by atoms with Gasteiger partial charge in [-0.1, -0.05) is 0 Å². The standard InChI is InChI=1S/C10H13BrN2O/c1-10(14)6-13(7-10)5-9-8(11)3-2-4-12-9/h2-4,14H,5-7H2,1H3. The Bertz CT molecular complexity index is 333. The molecule has 0 radical (unpaired) electrons. The molecule has 0 unspecified atom stereocenters. The molecule has 0 spiro atoms. The van der Waals surface area contributed by atoms with Crippen molar-refractivity contribution in [2.75, 3.05) is 13.1 Å². The van der Waals surface area contributed by atoms with Gasteiger partial charge in [0.25, 0.3) is 0 Å². The van der Waals surface area contributed by atoms with Gasteiger partial charge in [0.2, 0.25) is 0 Å². The minimum Gasteiger partial charge on any atom is -0.388 e. The number of β-amino-alcohol motifs (C(OH)–C–C–N with tert-alkyl or cyclic N) is 1.